The molecule has 0 aromatic carbocycles. The molecule has 2 bridgehead atoms. The number of carbonyl (C=O) groups excluding carboxylic acids is 1. The molecule has 0 N–H and O–H groups in total. The summed E-state index contributed by atoms with van der Waals surface area (Å²) in [6, 6.07) is 0. The van der Waals surface area contributed by atoms with Crippen LogP contribution in [0.4, 0.5) is 0 Å². The first kappa shape index (κ1) is 13.9. The topological polar surface area (TPSA) is 35.5 Å². The second kappa shape index (κ2) is 5.60. The molecule has 0 aliphatic heterocycles. The Hall–Kier alpha value is -0.570. The van der Waals surface area contributed by atoms with E-state index in [9.17, 15) is 4.79 Å². The monoisotopic (exact) mass is 254 g/mol. The molecule has 0 amide bonds. The lowest BCUT2D eigenvalue weighted by molar-refractivity contribution is -0.174. The summed E-state index contributed by atoms with van der Waals surface area (Å²) in [4.78, 5) is 10.3. The summed E-state index contributed by atoms with van der Waals surface area (Å²) in [7, 11) is 0. The molecule has 0 aromatic heterocycles. The predicted octanol–water partition coefficient (Wildman–Crippen LogP) is 3.37. The molecular weight excluding hydrogens is 228 g/mol. The van der Waals surface area contributed by atoms with Crippen LogP contribution in [0.25, 0.3) is 0 Å². The van der Waals surface area contributed by atoms with Gasteiger partial charge >= 0.3 is 0 Å². The molecule has 0 aromatic rings. The second-order valence-corrected chi connectivity index (χ2v) is 6.77. The number of hydrogen-bond acceptors (Lipinski definition) is 3. The van der Waals surface area contributed by atoms with Gasteiger partial charge in [0, 0.05) is 0 Å². The molecule has 0 radical (unpaired) electrons. The van der Waals surface area contributed by atoms with Gasteiger partial charge in [-0.2, -0.15) is 0 Å². The van der Waals surface area contributed by atoms with Crippen LogP contribution in [0.5, 0.6) is 0 Å². The number of ether oxygens (including phenoxy) is 2. The van der Waals surface area contributed by atoms with E-state index < -0.39 is 6.29 Å². The molecule has 3 nitrogen and oxygen atoms in total. The largest absolute Gasteiger partial charge is 0.438 e. The van der Waals surface area contributed by atoms with Gasteiger partial charge in [-0.1, -0.05) is 13.8 Å². The molecule has 2 fully saturated rings. The molecule has 0 saturated heterocycles. The summed E-state index contributed by atoms with van der Waals surface area (Å²) in [5.41, 5.74) is 0.334. The fourth-order valence-electron chi connectivity index (χ4n) is 4.50. The van der Waals surface area contributed by atoms with Crippen molar-refractivity contribution in [3.05, 3.63) is 0 Å². The van der Waals surface area contributed by atoms with Crippen LogP contribution in [0.1, 0.15) is 52.9 Å². The Balaban J connectivity index is 1.95. The minimum atomic E-state index is -0.412. The second-order valence-electron chi connectivity index (χ2n) is 6.77. The van der Waals surface area contributed by atoms with E-state index in [0.29, 0.717) is 11.9 Å². The zero-order chi connectivity index (χ0) is 13.2. The van der Waals surface area contributed by atoms with Crippen LogP contribution in [0.15, 0.2) is 0 Å². The zero-order valence-electron chi connectivity index (χ0n) is 11.9. The Labute approximate surface area is 110 Å². The molecule has 0 heterocycles. The fourth-order valence-corrected chi connectivity index (χ4v) is 4.50. The first-order chi connectivity index (χ1) is 8.53. The van der Waals surface area contributed by atoms with E-state index in [0.717, 1.165) is 24.4 Å². The van der Waals surface area contributed by atoms with Gasteiger partial charge in [0.25, 0.3) is 6.47 Å². The van der Waals surface area contributed by atoms with Crippen LogP contribution in [-0.4, -0.2) is 19.4 Å². The van der Waals surface area contributed by atoms with Gasteiger partial charge in [-0.05, 0) is 62.2 Å². The lowest BCUT2D eigenvalue weighted by Crippen LogP contribution is -2.42. The molecule has 3 unspecified atom stereocenters. The van der Waals surface area contributed by atoms with Crippen molar-refractivity contribution < 1.29 is 14.3 Å². The van der Waals surface area contributed by atoms with E-state index >= 15 is 0 Å². The average molecular weight is 254 g/mol. The van der Waals surface area contributed by atoms with Crippen molar-refractivity contribution in [2.24, 2.45) is 23.2 Å². The first-order valence-corrected chi connectivity index (χ1v) is 7.24. The van der Waals surface area contributed by atoms with Crippen molar-refractivity contribution in [1.82, 2.24) is 0 Å². The van der Waals surface area contributed by atoms with Gasteiger partial charge in [0.1, 0.15) is 0 Å². The van der Waals surface area contributed by atoms with Gasteiger partial charge in [0.15, 0.2) is 6.29 Å². The summed E-state index contributed by atoms with van der Waals surface area (Å²) in [5.74, 6) is 2.49. The number of rotatable bonds is 5. The quantitative estimate of drug-likeness (QED) is 0.557. The van der Waals surface area contributed by atoms with Crippen molar-refractivity contribution in [2.45, 2.75) is 59.2 Å². The highest BCUT2D eigenvalue weighted by Crippen LogP contribution is 2.52. The standard InChI is InChI=1S/C15H26O3/c1-11-4-14-5-12(2)7-15(6-11,8-14)9-17-13(3)18-10-16/h10-14H,4-9H2,1-3H3. The third-order valence-corrected chi connectivity index (χ3v) is 4.63. The van der Waals surface area contributed by atoms with Crippen LogP contribution in [0.3, 0.4) is 0 Å². The highest BCUT2D eigenvalue weighted by atomic mass is 16.7. The maximum absolute atomic E-state index is 10.3. The minimum absolute atomic E-state index is 0.334. The molecule has 104 valence electrons. The van der Waals surface area contributed by atoms with E-state index in [1.807, 2.05) is 0 Å². The molecule has 2 saturated carbocycles. The molecule has 18 heavy (non-hydrogen) atoms. The summed E-state index contributed by atoms with van der Waals surface area (Å²) < 4.78 is 10.6. The summed E-state index contributed by atoms with van der Waals surface area (Å²) in [5, 5.41) is 0. The highest BCUT2D eigenvalue weighted by molar-refractivity contribution is 5.37. The molecule has 2 aliphatic rings. The van der Waals surface area contributed by atoms with Crippen LogP contribution < -0.4 is 0 Å². The summed E-state index contributed by atoms with van der Waals surface area (Å²) >= 11 is 0. The summed E-state index contributed by atoms with van der Waals surface area (Å²) in [6.45, 7) is 7.73. The maximum Gasteiger partial charge on any atom is 0.295 e. The van der Waals surface area contributed by atoms with Gasteiger partial charge < -0.3 is 9.47 Å². The molecule has 3 atom stereocenters. The van der Waals surface area contributed by atoms with Crippen molar-refractivity contribution in [1.29, 1.82) is 0 Å². The average Bonchev–Trinajstić information content (AvgIpc) is 2.25. The van der Waals surface area contributed by atoms with Gasteiger partial charge in [0.2, 0.25) is 0 Å². The molecule has 3 heteroatoms. The van der Waals surface area contributed by atoms with E-state index in [2.05, 4.69) is 13.8 Å². The lowest BCUT2D eigenvalue weighted by Gasteiger charge is -2.50. The molecule has 2 rings (SSSR count). The molecule has 0 spiro atoms. The SMILES string of the molecule is CC1CC2CC(C)CC(COC(C)OC=O)(C1)C2. The third-order valence-electron chi connectivity index (χ3n) is 4.63. The Morgan fingerprint density at radius 3 is 2.39 bits per heavy atom. The van der Waals surface area contributed by atoms with Crippen molar-refractivity contribution >= 4 is 6.47 Å². The Kier molecular flexibility index (Phi) is 4.31. The van der Waals surface area contributed by atoms with Gasteiger partial charge in [-0.25, -0.2) is 0 Å². The van der Waals surface area contributed by atoms with E-state index in [1.165, 1.54) is 32.1 Å². The van der Waals surface area contributed by atoms with Gasteiger partial charge in [-0.3, -0.25) is 4.79 Å². The minimum Gasteiger partial charge on any atom is -0.438 e. The number of hydrogen-bond donors (Lipinski definition) is 0. The van der Waals surface area contributed by atoms with E-state index in [1.54, 1.807) is 6.92 Å². The van der Waals surface area contributed by atoms with Crippen molar-refractivity contribution in [3.63, 3.8) is 0 Å². The first-order valence-electron chi connectivity index (χ1n) is 7.24. The third kappa shape index (κ3) is 3.25. The lowest BCUT2D eigenvalue weighted by atomic mass is 9.57. The smallest absolute Gasteiger partial charge is 0.295 e. The van der Waals surface area contributed by atoms with Crippen LogP contribution in [-0.2, 0) is 14.3 Å². The Morgan fingerprint density at radius 2 is 1.83 bits per heavy atom. The molecular formula is C15H26O3. The van der Waals surface area contributed by atoms with Gasteiger partial charge in [0.05, 0.1) is 6.61 Å². The normalized spacial score (nSPS) is 41.2. The van der Waals surface area contributed by atoms with Crippen LogP contribution in [0.2, 0.25) is 0 Å². The summed E-state index contributed by atoms with van der Waals surface area (Å²) in [6.07, 6.45) is 6.18. The maximum atomic E-state index is 10.3. The van der Waals surface area contributed by atoms with Crippen LogP contribution in [0, 0.1) is 23.2 Å². The van der Waals surface area contributed by atoms with Gasteiger partial charge in [-0.15, -0.1) is 0 Å². The fraction of sp³-hybridized carbons (Fsp3) is 0.933. The van der Waals surface area contributed by atoms with E-state index in [4.69, 9.17) is 9.47 Å². The predicted molar refractivity (Wildman–Crippen MR) is 69.9 cm³/mol. The number of fused-ring (bicyclic) bond motifs is 2. The Bertz CT molecular complexity index is 270. The zero-order valence-corrected chi connectivity index (χ0v) is 11.9. The van der Waals surface area contributed by atoms with E-state index in [-0.39, 0.29) is 0 Å². The Morgan fingerprint density at radius 1 is 1.22 bits per heavy atom. The van der Waals surface area contributed by atoms with Crippen LogP contribution >= 0.6 is 0 Å². The van der Waals surface area contributed by atoms with Crippen molar-refractivity contribution in [3.8, 4) is 0 Å². The number of carbonyl (C=O) groups is 1. The van der Waals surface area contributed by atoms with Crippen molar-refractivity contribution in [2.75, 3.05) is 6.61 Å². The molecule has 2 aliphatic carbocycles. The highest BCUT2D eigenvalue weighted by Gasteiger charge is 2.44.